The van der Waals surface area contributed by atoms with Gasteiger partial charge in [-0.25, -0.2) is 0 Å². The number of aromatic nitrogens is 2. The molecule has 11 heteroatoms. The van der Waals surface area contributed by atoms with Crippen LogP contribution < -0.4 is 0 Å². The van der Waals surface area contributed by atoms with Gasteiger partial charge in [-0.2, -0.15) is 0 Å². The van der Waals surface area contributed by atoms with E-state index in [0.717, 1.165) is 4.90 Å². The van der Waals surface area contributed by atoms with Gasteiger partial charge in [0, 0.05) is 11.1 Å². The van der Waals surface area contributed by atoms with Gasteiger partial charge in [0.1, 0.15) is 12.1 Å². The van der Waals surface area contributed by atoms with Gasteiger partial charge in [-0.05, 0) is 24.3 Å². The topological polar surface area (TPSA) is 119 Å². The average Bonchev–Trinajstić information content (AvgIpc) is 3.21. The summed E-state index contributed by atoms with van der Waals surface area (Å²) in [7, 11) is 0. The number of hydrogen-bond donors (Lipinski definition) is 0. The summed E-state index contributed by atoms with van der Waals surface area (Å²) in [6.07, 6.45) is 0. The van der Waals surface area contributed by atoms with Crippen LogP contribution >= 0.6 is 23.2 Å². The first-order chi connectivity index (χ1) is 13.4. The molecular formula is C17H8Cl2N4O5. The molecule has 2 amide bonds. The predicted octanol–water partition coefficient (Wildman–Crippen LogP) is 3.75. The molecule has 1 aliphatic rings. The van der Waals surface area contributed by atoms with Gasteiger partial charge in [0.2, 0.25) is 11.8 Å². The zero-order chi connectivity index (χ0) is 20.0. The molecule has 0 bridgehead atoms. The quantitative estimate of drug-likeness (QED) is 0.359. The summed E-state index contributed by atoms with van der Waals surface area (Å²) in [6.45, 7) is -0.332. The van der Waals surface area contributed by atoms with Crippen molar-refractivity contribution in [3.63, 3.8) is 0 Å². The molecule has 9 nitrogen and oxygen atoms in total. The first-order valence-electron chi connectivity index (χ1n) is 7.78. The van der Waals surface area contributed by atoms with E-state index in [1.54, 1.807) is 12.1 Å². The number of nitro groups is 1. The monoisotopic (exact) mass is 418 g/mol. The number of amides is 2. The SMILES string of the molecule is O=C1c2cccc([N+](=O)[O-])c2C(=O)N1Cc1nnc(-c2ccc(Cl)cc2Cl)o1. The largest absolute Gasteiger partial charge is 0.419 e. The fourth-order valence-corrected chi connectivity index (χ4v) is 3.33. The summed E-state index contributed by atoms with van der Waals surface area (Å²) in [5.41, 5.74) is -0.294. The maximum Gasteiger partial charge on any atom is 0.282 e. The number of nitro benzene ring substituents is 1. The van der Waals surface area contributed by atoms with Crippen molar-refractivity contribution >= 4 is 40.7 Å². The summed E-state index contributed by atoms with van der Waals surface area (Å²) in [5, 5.41) is 19.6. The Kier molecular flexibility index (Phi) is 4.33. The maximum absolute atomic E-state index is 12.6. The molecule has 2 aromatic carbocycles. The molecule has 0 saturated heterocycles. The minimum Gasteiger partial charge on any atom is -0.419 e. The molecule has 0 fully saturated rings. The minimum atomic E-state index is -0.795. The summed E-state index contributed by atoms with van der Waals surface area (Å²) >= 11 is 12.0. The number of carbonyl (C=O) groups excluding carboxylic acids is 2. The molecule has 0 spiro atoms. The minimum absolute atomic E-state index is 0.0295. The lowest BCUT2D eigenvalue weighted by Gasteiger charge is -2.10. The van der Waals surface area contributed by atoms with Gasteiger partial charge in [-0.15, -0.1) is 10.2 Å². The standard InChI is InChI=1S/C17H8Cl2N4O5/c18-8-4-5-9(11(19)6-8)15-21-20-13(28-15)7-22-16(24)10-2-1-3-12(23(26)27)14(10)17(22)25/h1-6H,7H2. The van der Waals surface area contributed by atoms with Crippen LogP contribution in [-0.2, 0) is 6.54 Å². The van der Waals surface area contributed by atoms with Crippen LogP contribution in [0.5, 0.6) is 0 Å². The number of benzene rings is 2. The van der Waals surface area contributed by atoms with Crippen LogP contribution in [-0.4, -0.2) is 31.8 Å². The first kappa shape index (κ1) is 18.1. The number of nitrogens with zero attached hydrogens (tertiary/aromatic N) is 4. The van der Waals surface area contributed by atoms with Crippen molar-refractivity contribution in [2.45, 2.75) is 6.54 Å². The molecule has 3 aromatic rings. The van der Waals surface area contributed by atoms with Gasteiger partial charge in [-0.1, -0.05) is 29.3 Å². The second-order valence-electron chi connectivity index (χ2n) is 5.78. The Morgan fingerprint density at radius 2 is 1.86 bits per heavy atom. The van der Waals surface area contributed by atoms with Crippen molar-refractivity contribution in [3.8, 4) is 11.5 Å². The van der Waals surface area contributed by atoms with E-state index in [0.29, 0.717) is 15.6 Å². The van der Waals surface area contributed by atoms with Gasteiger partial charge in [0.15, 0.2) is 0 Å². The van der Waals surface area contributed by atoms with Crippen molar-refractivity contribution in [3.05, 3.63) is 73.6 Å². The van der Waals surface area contributed by atoms with Crippen molar-refractivity contribution in [1.82, 2.24) is 15.1 Å². The first-order valence-corrected chi connectivity index (χ1v) is 8.54. The second kappa shape index (κ2) is 6.70. The van der Waals surface area contributed by atoms with Crippen LogP contribution in [0.15, 0.2) is 40.8 Å². The van der Waals surface area contributed by atoms with E-state index in [1.807, 2.05) is 0 Å². The lowest BCUT2D eigenvalue weighted by Crippen LogP contribution is -2.29. The van der Waals surface area contributed by atoms with E-state index in [2.05, 4.69) is 10.2 Å². The van der Waals surface area contributed by atoms with E-state index in [9.17, 15) is 19.7 Å². The highest BCUT2D eigenvalue weighted by Crippen LogP contribution is 2.33. The lowest BCUT2D eigenvalue weighted by molar-refractivity contribution is -0.385. The van der Waals surface area contributed by atoms with Crippen LogP contribution in [0.25, 0.3) is 11.5 Å². The Morgan fingerprint density at radius 3 is 2.57 bits per heavy atom. The highest BCUT2D eigenvalue weighted by atomic mass is 35.5. The molecule has 0 radical (unpaired) electrons. The summed E-state index contributed by atoms with van der Waals surface area (Å²) in [4.78, 5) is 36.4. The number of rotatable bonds is 4. The van der Waals surface area contributed by atoms with E-state index in [4.69, 9.17) is 27.6 Å². The third kappa shape index (κ3) is 2.90. The summed E-state index contributed by atoms with van der Waals surface area (Å²) < 4.78 is 5.50. The fourth-order valence-electron chi connectivity index (χ4n) is 2.84. The van der Waals surface area contributed by atoms with Crippen molar-refractivity contribution in [1.29, 1.82) is 0 Å². The van der Waals surface area contributed by atoms with Gasteiger partial charge in [-0.3, -0.25) is 24.6 Å². The van der Waals surface area contributed by atoms with Crippen LogP contribution in [0, 0.1) is 10.1 Å². The Hall–Kier alpha value is -3.30. The van der Waals surface area contributed by atoms with E-state index < -0.39 is 22.4 Å². The lowest BCUT2D eigenvalue weighted by atomic mass is 10.1. The number of imide groups is 1. The molecule has 0 N–H and O–H groups in total. The van der Waals surface area contributed by atoms with Crippen molar-refractivity contribution in [2.75, 3.05) is 0 Å². The number of halogens is 2. The highest BCUT2D eigenvalue weighted by Gasteiger charge is 2.41. The van der Waals surface area contributed by atoms with Crippen LogP contribution in [0.3, 0.4) is 0 Å². The fraction of sp³-hybridized carbons (Fsp3) is 0.0588. The summed E-state index contributed by atoms with van der Waals surface area (Å²) in [5.74, 6) is -1.41. The van der Waals surface area contributed by atoms with Gasteiger partial charge in [0.05, 0.1) is 21.1 Å². The van der Waals surface area contributed by atoms with Crippen LogP contribution in [0.1, 0.15) is 26.6 Å². The summed E-state index contributed by atoms with van der Waals surface area (Å²) in [6, 6.07) is 8.56. The Morgan fingerprint density at radius 1 is 1.07 bits per heavy atom. The number of carbonyl (C=O) groups is 2. The van der Waals surface area contributed by atoms with E-state index in [1.165, 1.54) is 24.3 Å². The zero-order valence-electron chi connectivity index (χ0n) is 13.8. The normalized spacial score (nSPS) is 13.1. The van der Waals surface area contributed by atoms with Crippen molar-refractivity contribution in [2.24, 2.45) is 0 Å². The highest BCUT2D eigenvalue weighted by molar-refractivity contribution is 6.36. The molecule has 28 heavy (non-hydrogen) atoms. The molecule has 1 aromatic heterocycles. The van der Waals surface area contributed by atoms with E-state index in [-0.39, 0.29) is 29.5 Å². The molecule has 140 valence electrons. The van der Waals surface area contributed by atoms with E-state index >= 15 is 0 Å². The number of fused-ring (bicyclic) bond motifs is 1. The third-order valence-corrected chi connectivity index (χ3v) is 4.64. The average molecular weight is 419 g/mol. The van der Waals surface area contributed by atoms with Crippen LogP contribution in [0.4, 0.5) is 5.69 Å². The van der Waals surface area contributed by atoms with Crippen molar-refractivity contribution < 1.29 is 18.9 Å². The maximum atomic E-state index is 12.6. The van der Waals surface area contributed by atoms with Gasteiger partial charge < -0.3 is 4.42 Å². The molecule has 2 heterocycles. The smallest absolute Gasteiger partial charge is 0.282 e. The zero-order valence-corrected chi connectivity index (χ0v) is 15.3. The second-order valence-corrected chi connectivity index (χ2v) is 6.62. The van der Waals surface area contributed by atoms with Gasteiger partial charge >= 0.3 is 0 Å². The van der Waals surface area contributed by atoms with Gasteiger partial charge in [0.25, 0.3) is 17.5 Å². The molecule has 0 aliphatic carbocycles. The number of hydrogen-bond acceptors (Lipinski definition) is 7. The molecular weight excluding hydrogens is 411 g/mol. The molecule has 0 unspecified atom stereocenters. The Bertz CT molecular complexity index is 1160. The Balaban J connectivity index is 1.63. The molecule has 1 aliphatic heterocycles. The van der Waals surface area contributed by atoms with Crippen LogP contribution in [0.2, 0.25) is 10.0 Å². The molecule has 0 atom stereocenters. The molecule has 4 rings (SSSR count). The molecule has 0 saturated carbocycles. The third-order valence-electron chi connectivity index (χ3n) is 4.10. The predicted molar refractivity (Wildman–Crippen MR) is 97.1 cm³/mol. The Labute approximate surface area is 166 Å².